The molecule has 0 spiro atoms. The number of hydrogen-bond acceptors (Lipinski definition) is 5. The highest BCUT2D eigenvalue weighted by Gasteiger charge is 2.22. The summed E-state index contributed by atoms with van der Waals surface area (Å²) in [6, 6.07) is 11.6. The third-order valence-electron chi connectivity index (χ3n) is 5.79. The average Bonchev–Trinajstić information content (AvgIpc) is 3.09. The molecule has 5 aromatic rings. The van der Waals surface area contributed by atoms with Gasteiger partial charge in [0.2, 0.25) is 5.71 Å². The lowest BCUT2D eigenvalue weighted by Gasteiger charge is -2.11. The molecule has 0 radical (unpaired) electrons. The zero-order valence-corrected chi connectivity index (χ0v) is 19.3. The number of aromatic nitrogens is 2. The maximum absolute atomic E-state index is 14.9. The summed E-state index contributed by atoms with van der Waals surface area (Å²) in [5.74, 6) is -0.667. The Labute approximate surface area is 193 Å². The first kappa shape index (κ1) is 21.6. The quantitative estimate of drug-likeness (QED) is 0.331. The van der Waals surface area contributed by atoms with E-state index in [9.17, 15) is 17.6 Å². The van der Waals surface area contributed by atoms with Gasteiger partial charge in [0.1, 0.15) is 11.3 Å². The summed E-state index contributed by atoms with van der Waals surface area (Å²) in [6.45, 7) is 1.94. The van der Waals surface area contributed by atoms with Gasteiger partial charge in [0.25, 0.3) is 0 Å². The molecule has 0 aliphatic rings. The van der Waals surface area contributed by atoms with Crippen LogP contribution in [0.4, 0.5) is 4.39 Å². The SMILES string of the molecule is CCc1ccc2c(c1)c1c3cccnc3oc(=O)c1n2Cc1cc(S(C)(=O)=O)c(Cl)cc1F. The fraction of sp³-hybridized carbons (Fsp3) is 0.167. The minimum absolute atomic E-state index is 0.0869. The largest absolute Gasteiger partial charge is 0.402 e. The molecular weight excluding hydrogens is 467 g/mol. The van der Waals surface area contributed by atoms with Gasteiger partial charge < -0.3 is 8.98 Å². The zero-order chi connectivity index (χ0) is 23.5. The van der Waals surface area contributed by atoms with Crippen molar-refractivity contribution in [2.24, 2.45) is 0 Å². The summed E-state index contributed by atoms with van der Waals surface area (Å²) in [4.78, 5) is 17.1. The fourth-order valence-electron chi connectivity index (χ4n) is 4.22. The number of halogens is 2. The summed E-state index contributed by atoms with van der Waals surface area (Å²) in [5.41, 5.74) is 1.72. The van der Waals surface area contributed by atoms with Crippen LogP contribution in [0.25, 0.3) is 32.9 Å². The molecule has 0 aliphatic carbocycles. The Morgan fingerprint density at radius 1 is 1.15 bits per heavy atom. The summed E-state index contributed by atoms with van der Waals surface area (Å²) in [5, 5.41) is 1.95. The molecule has 9 heteroatoms. The second-order valence-corrected chi connectivity index (χ2v) is 10.3. The Balaban J connectivity index is 1.88. The van der Waals surface area contributed by atoms with Gasteiger partial charge in [-0.3, -0.25) is 0 Å². The number of hydrogen-bond donors (Lipinski definition) is 0. The Morgan fingerprint density at radius 2 is 1.94 bits per heavy atom. The van der Waals surface area contributed by atoms with Crippen molar-refractivity contribution in [2.45, 2.75) is 24.8 Å². The van der Waals surface area contributed by atoms with E-state index in [-0.39, 0.29) is 33.3 Å². The maximum Gasteiger partial charge on any atom is 0.362 e. The highest BCUT2D eigenvalue weighted by Crippen LogP contribution is 2.34. The van der Waals surface area contributed by atoms with Crippen LogP contribution in [-0.4, -0.2) is 24.2 Å². The van der Waals surface area contributed by atoms with Crippen LogP contribution in [0.15, 0.2) is 62.8 Å². The summed E-state index contributed by atoms with van der Waals surface area (Å²) >= 11 is 5.98. The number of nitrogens with zero attached hydrogens (tertiary/aromatic N) is 2. The van der Waals surface area contributed by atoms with E-state index in [0.717, 1.165) is 29.7 Å². The highest BCUT2D eigenvalue weighted by molar-refractivity contribution is 7.90. The van der Waals surface area contributed by atoms with Gasteiger partial charge in [0, 0.05) is 39.7 Å². The molecule has 6 nitrogen and oxygen atoms in total. The van der Waals surface area contributed by atoms with Crippen molar-refractivity contribution in [3.63, 3.8) is 0 Å². The molecule has 0 amide bonds. The molecule has 0 saturated heterocycles. The predicted molar refractivity (Wildman–Crippen MR) is 126 cm³/mol. The first-order chi connectivity index (χ1) is 15.7. The topological polar surface area (TPSA) is 82.2 Å². The van der Waals surface area contributed by atoms with E-state index >= 15 is 0 Å². The molecule has 33 heavy (non-hydrogen) atoms. The smallest absolute Gasteiger partial charge is 0.362 e. The van der Waals surface area contributed by atoms with Crippen LogP contribution in [0, 0.1) is 5.82 Å². The molecule has 0 bridgehead atoms. The zero-order valence-electron chi connectivity index (χ0n) is 17.7. The summed E-state index contributed by atoms with van der Waals surface area (Å²) in [7, 11) is -3.68. The van der Waals surface area contributed by atoms with E-state index in [2.05, 4.69) is 4.98 Å². The lowest BCUT2D eigenvalue weighted by Crippen LogP contribution is -2.10. The van der Waals surface area contributed by atoms with Crippen LogP contribution in [0.1, 0.15) is 18.1 Å². The normalized spacial score (nSPS) is 12.2. The maximum atomic E-state index is 14.9. The summed E-state index contributed by atoms with van der Waals surface area (Å²) in [6.07, 6.45) is 3.35. The van der Waals surface area contributed by atoms with E-state index in [1.807, 2.05) is 31.2 Å². The van der Waals surface area contributed by atoms with Gasteiger partial charge in [-0.1, -0.05) is 24.6 Å². The molecule has 3 aromatic heterocycles. The van der Waals surface area contributed by atoms with Gasteiger partial charge in [-0.25, -0.2) is 22.6 Å². The van der Waals surface area contributed by atoms with Crippen molar-refractivity contribution in [1.82, 2.24) is 9.55 Å². The van der Waals surface area contributed by atoms with Crippen LogP contribution >= 0.6 is 11.6 Å². The first-order valence-corrected chi connectivity index (χ1v) is 12.5. The first-order valence-electron chi connectivity index (χ1n) is 10.2. The number of sulfone groups is 1. The van der Waals surface area contributed by atoms with Crippen molar-refractivity contribution in [3.05, 3.63) is 81.0 Å². The van der Waals surface area contributed by atoms with E-state index in [4.69, 9.17) is 16.0 Å². The van der Waals surface area contributed by atoms with Crippen molar-refractivity contribution in [1.29, 1.82) is 0 Å². The molecule has 0 N–H and O–H groups in total. The van der Waals surface area contributed by atoms with Gasteiger partial charge in [0.15, 0.2) is 9.84 Å². The van der Waals surface area contributed by atoms with Gasteiger partial charge in [-0.05, 0) is 48.4 Å². The van der Waals surface area contributed by atoms with Gasteiger partial charge >= 0.3 is 5.63 Å². The van der Waals surface area contributed by atoms with Crippen LogP contribution in [0.5, 0.6) is 0 Å². The molecule has 5 rings (SSSR count). The number of pyridine rings is 1. The van der Waals surface area contributed by atoms with E-state index < -0.39 is 21.3 Å². The van der Waals surface area contributed by atoms with Crippen LogP contribution in [-0.2, 0) is 22.8 Å². The molecule has 0 fully saturated rings. The third-order valence-corrected chi connectivity index (χ3v) is 7.35. The van der Waals surface area contributed by atoms with E-state index in [1.54, 1.807) is 16.8 Å². The van der Waals surface area contributed by atoms with Crippen molar-refractivity contribution in [3.8, 4) is 0 Å². The van der Waals surface area contributed by atoms with Crippen molar-refractivity contribution < 1.29 is 17.2 Å². The Kier molecular flexibility index (Phi) is 5.02. The Bertz CT molecular complexity index is 1760. The van der Waals surface area contributed by atoms with Crippen molar-refractivity contribution in [2.75, 3.05) is 6.26 Å². The van der Waals surface area contributed by atoms with Crippen molar-refractivity contribution >= 4 is 54.3 Å². The van der Waals surface area contributed by atoms with Crippen LogP contribution in [0.2, 0.25) is 5.02 Å². The Hall–Kier alpha value is -3.23. The number of fused-ring (bicyclic) bond motifs is 5. The second kappa shape index (κ2) is 7.67. The number of rotatable bonds is 4. The molecule has 2 aromatic carbocycles. The molecule has 3 heterocycles. The third kappa shape index (κ3) is 3.50. The van der Waals surface area contributed by atoms with Crippen LogP contribution < -0.4 is 5.63 Å². The van der Waals surface area contributed by atoms with Crippen LogP contribution in [0.3, 0.4) is 0 Å². The number of benzene rings is 2. The lowest BCUT2D eigenvalue weighted by molar-refractivity contribution is 0.552. The second-order valence-electron chi connectivity index (χ2n) is 7.91. The summed E-state index contributed by atoms with van der Waals surface area (Å²) < 4.78 is 46.3. The average molecular weight is 485 g/mol. The van der Waals surface area contributed by atoms with Gasteiger partial charge in [-0.2, -0.15) is 0 Å². The fourth-order valence-corrected chi connectivity index (χ4v) is 5.56. The predicted octanol–water partition coefficient (Wildman–Crippen LogP) is 5.10. The van der Waals surface area contributed by atoms with Gasteiger partial charge in [0.05, 0.1) is 16.5 Å². The molecule has 168 valence electrons. The Morgan fingerprint density at radius 3 is 2.67 bits per heavy atom. The minimum Gasteiger partial charge on any atom is -0.402 e. The minimum atomic E-state index is -3.68. The van der Waals surface area contributed by atoms with E-state index in [1.165, 1.54) is 6.07 Å². The molecule has 0 aliphatic heterocycles. The monoisotopic (exact) mass is 484 g/mol. The van der Waals surface area contributed by atoms with Gasteiger partial charge in [-0.15, -0.1) is 0 Å². The van der Waals surface area contributed by atoms with E-state index in [0.29, 0.717) is 16.3 Å². The lowest BCUT2D eigenvalue weighted by atomic mass is 10.1. The molecule has 0 saturated carbocycles. The number of aryl methyl sites for hydroxylation is 1. The molecular formula is C24H18ClFN2O4S. The molecule has 0 atom stereocenters. The molecule has 0 unspecified atom stereocenters. The standard InChI is InChI=1S/C24H18ClFN2O4S/c1-3-13-6-7-19-16(9-13)21-15-5-4-8-27-23(15)32-24(29)22(21)28(19)12-14-10-20(33(2,30)31)17(25)11-18(14)26/h4-11H,3,12H2,1-2H3. The highest BCUT2D eigenvalue weighted by atomic mass is 35.5.